The van der Waals surface area contributed by atoms with Crippen LogP contribution >= 0.6 is 11.6 Å². The predicted molar refractivity (Wildman–Crippen MR) is 72.1 cm³/mol. The number of aromatic nitrogens is 2. The standard InChI is InChI=1S/C13H14ClN3O/c1-8-5-4-6-10(9(8)2)15-13(18)11-7-12(14)17(3)16-11/h4-7H,1-3H3,(H,15,18). The van der Waals surface area contributed by atoms with Crippen molar-refractivity contribution in [1.82, 2.24) is 9.78 Å². The van der Waals surface area contributed by atoms with Crippen molar-refractivity contribution in [2.45, 2.75) is 13.8 Å². The van der Waals surface area contributed by atoms with Crippen LogP contribution in [0.5, 0.6) is 0 Å². The second-order valence-electron chi connectivity index (χ2n) is 4.18. The van der Waals surface area contributed by atoms with Crippen LogP contribution in [0, 0.1) is 13.8 Å². The summed E-state index contributed by atoms with van der Waals surface area (Å²) in [6.45, 7) is 3.97. The van der Waals surface area contributed by atoms with Crippen LogP contribution in [-0.4, -0.2) is 15.7 Å². The highest BCUT2D eigenvalue weighted by Crippen LogP contribution is 2.19. The molecule has 0 bridgehead atoms. The van der Waals surface area contributed by atoms with E-state index in [2.05, 4.69) is 10.4 Å². The monoisotopic (exact) mass is 263 g/mol. The van der Waals surface area contributed by atoms with Gasteiger partial charge in [-0.25, -0.2) is 0 Å². The molecule has 2 aromatic rings. The molecule has 0 radical (unpaired) electrons. The van der Waals surface area contributed by atoms with E-state index in [0.717, 1.165) is 16.8 Å². The summed E-state index contributed by atoms with van der Waals surface area (Å²) in [6, 6.07) is 7.32. The minimum Gasteiger partial charge on any atom is -0.320 e. The van der Waals surface area contributed by atoms with E-state index in [4.69, 9.17) is 11.6 Å². The molecule has 1 N–H and O–H groups in total. The van der Waals surface area contributed by atoms with Crippen molar-refractivity contribution in [3.8, 4) is 0 Å². The quantitative estimate of drug-likeness (QED) is 0.906. The van der Waals surface area contributed by atoms with Gasteiger partial charge in [-0.1, -0.05) is 23.7 Å². The van der Waals surface area contributed by atoms with E-state index in [9.17, 15) is 4.79 Å². The van der Waals surface area contributed by atoms with E-state index in [-0.39, 0.29) is 5.91 Å². The van der Waals surface area contributed by atoms with Gasteiger partial charge < -0.3 is 5.32 Å². The van der Waals surface area contributed by atoms with Gasteiger partial charge in [0, 0.05) is 18.8 Å². The second-order valence-corrected chi connectivity index (χ2v) is 4.56. The SMILES string of the molecule is Cc1cccc(NC(=O)c2cc(Cl)n(C)n2)c1C. The number of hydrogen-bond donors (Lipinski definition) is 1. The first kappa shape index (κ1) is 12.6. The molecule has 0 aliphatic heterocycles. The van der Waals surface area contributed by atoms with Gasteiger partial charge in [0.15, 0.2) is 5.69 Å². The fourth-order valence-corrected chi connectivity index (χ4v) is 1.77. The number of carbonyl (C=O) groups excluding carboxylic acids is 1. The Morgan fingerprint density at radius 1 is 1.39 bits per heavy atom. The number of halogens is 1. The average molecular weight is 264 g/mol. The number of amides is 1. The van der Waals surface area contributed by atoms with Crippen LogP contribution in [0.3, 0.4) is 0 Å². The lowest BCUT2D eigenvalue weighted by molar-refractivity contribution is 0.102. The molecule has 0 atom stereocenters. The highest BCUT2D eigenvalue weighted by molar-refractivity contribution is 6.30. The molecule has 1 aromatic carbocycles. The van der Waals surface area contributed by atoms with Gasteiger partial charge in [0.2, 0.25) is 0 Å². The summed E-state index contributed by atoms with van der Waals surface area (Å²) in [7, 11) is 1.69. The van der Waals surface area contributed by atoms with E-state index in [0.29, 0.717) is 10.8 Å². The maximum Gasteiger partial charge on any atom is 0.276 e. The molecular formula is C13H14ClN3O. The molecule has 0 fully saturated rings. The van der Waals surface area contributed by atoms with E-state index in [1.165, 1.54) is 4.68 Å². The highest BCUT2D eigenvalue weighted by atomic mass is 35.5. The summed E-state index contributed by atoms with van der Waals surface area (Å²) in [6.07, 6.45) is 0. The Balaban J connectivity index is 2.24. The third-order valence-electron chi connectivity index (χ3n) is 2.91. The summed E-state index contributed by atoms with van der Waals surface area (Å²) in [5.74, 6) is -0.258. The molecule has 1 amide bonds. The van der Waals surface area contributed by atoms with E-state index >= 15 is 0 Å². The van der Waals surface area contributed by atoms with Gasteiger partial charge in [-0.2, -0.15) is 5.10 Å². The van der Waals surface area contributed by atoms with Crippen molar-refractivity contribution >= 4 is 23.2 Å². The molecule has 5 heteroatoms. The third kappa shape index (κ3) is 2.38. The summed E-state index contributed by atoms with van der Waals surface area (Å²) in [5, 5.41) is 7.30. The normalized spacial score (nSPS) is 10.4. The van der Waals surface area contributed by atoms with Crippen LogP contribution in [-0.2, 0) is 7.05 Å². The van der Waals surface area contributed by atoms with Crippen molar-refractivity contribution in [1.29, 1.82) is 0 Å². The molecule has 0 saturated heterocycles. The Hall–Kier alpha value is -1.81. The minimum atomic E-state index is -0.258. The first-order valence-corrected chi connectivity index (χ1v) is 5.94. The smallest absolute Gasteiger partial charge is 0.276 e. The first-order chi connectivity index (χ1) is 8.49. The topological polar surface area (TPSA) is 46.9 Å². The zero-order valence-corrected chi connectivity index (χ0v) is 11.2. The lowest BCUT2D eigenvalue weighted by atomic mass is 10.1. The molecule has 0 aliphatic rings. The number of aryl methyl sites for hydroxylation is 2. The molecule has 1 aromatic heterocycles. The predicted octanol–water partition coefficient (Wildman–Crippen LogP) is 2.94. The molecule has 0 aliphatic carbocycles. The Bertz CT molecular complexity index is 585. The number of carbonyl (C=O) groups is 1. The number of rotatable bonds is 2. The third-order valence-corrected chi connectivity index (χ3v) is 3.26. The average Bonchev–Trinajstić information content (AvgIpc) is 2.66. The van der Waals surface area contributed by atoms with E-state index < -0.39 is 0 Å². The van der Waals surface area contributed by atoms with Crippen molar-refractivity contribution in [2.75, 3.05) is 5.32 Å². The number of hydrogen-bond acceptors (Lipinski definition) is 2. The molecule has 1 heterocycles. The maximum absolute atomic E-state index is 12.0. The summed E-state index contributed by atoms with van der Waals surface area (Å²) in [5.41, 5.74) is 3.28. The summed E-state index contributed by atoms with van der Waals surface area (Å²) in [4.78, 5) is 12.0. The van der Waals surface area contributed by atoms with Gasteiger partial charge in [-0.3, -0.25) is 9.48 Å². The zero-order valence-electron chi connectivity index (χ0n) is 10.5. The largest absolute Gasteiger partial charge is 0.320 e. The van der Waals surface area contributed by atoms with Crippen molar-refractivity contribution in [2.24, 2.45) is 7.05 Å². The Morgan fingerprint density at radius 3 is 2.72 bits per heavy atom. The lowest BCUT2D eigenvalue weighted by Gasteiger charge is -2.08. The molecule has 94 valence electrons. The maximum atomic E-state index is 12.0. The molecule has 0 spiro atoms. The fraction of sp³-hybridized carbons (Fsp3) is 0.231. The number of anilines is 1. The van der Waals surface area contributed by atoms with Gasteiger partial charge in [0.05, 0.1) is 0 Å². The molecule has 18 heavy (non-hydrogen) atoms. The zero-order chi connectivity index (χ0) is 13.3. The van der Waals surface area contributed by atoms with Crippen molar-refractivity contribution in [3.05, 3.63) is 46.2 Å². The van der Waals surface area contributed by atoms with Gasteiger partial charge in [0.25, 0.3) is 5.91 Å². The van der Waals surface area contributed by atoms with Crippen molar-refractivity contribution in [3.63, 3.8) is 0 Å². The molecule has 2 rings (SSSR count). The fourth-order valence-electron chi connectivity index (χ4n) is 1.63. The Labute approximate surface area is 111 Å². The molecule has 0 saturated carbocycles. The lowest BCUT2D eigenvalue weighted by Crippen LogP contribution is -2.14. The highest BCUT2D eigenvalue weighted by Gasteiger charge is 2.13. The molecular weight excluding hydrogens is 250 g/mol. The van der Waals surface area contributed by atoms with Crippen LogP contribution < -0.4 is 5.32 Å². The van der Waals surface area contributed by atoms with Crippen LogP contribution in [0.4, 0.5) is 5.69 Å². The van der Waals surface area contributed by atoms with Gasteiger partial charge in [0.1, 0.15) is 5.15 Å². The molecule has 4 nitrogen and oxygen atoms in total. The van der Waals surface area contributed by atoms with Crippen LogP contribution in [0.25, 0.3) is 0 Å². The second kappa shape index (κ2) is 4.82. The first-order valence-electron chi connectivity index (χ1n) is 5.56. The molecule has 0 unspecified atom stereocenters. The van der Waals surface area contributed by atoms with Gasteiger partial charge in [-0.05, 0) is 31.0 Å². The number of benzene rings is 1. The van der Waals surface area contributed by atoms with Crippen LogP contribution in [0.15, 0.2) is 24.3 Å². The summed E-state index contributed by atoms with van der Waals surface area (Å²) >= 11 is 5.85. The van der Waals surface area contributed by atoms with Crippen LogP contribution in [0.2, 0.25) is 5.15 Å². The number of nitrogens with one attached hydrogen (secondary N) is 1. The Morgan fingerprint density at radius 2 is 2.11 bits per heavy atom. The van der Waals surface area contributed by atoms with Crippen molar-refractivity contribution < 1.29 is 4.79 Å². The van der Waals surface area contributed by atoms with Gasteiger partial charge in [-0.15, -0.1) is 0 Å². The Kier molecular flexibility index (Phi) is 3.39. The summed E-state index contributed by atoms with van der Waals surface area (Å²) < 4.78 is 1.46. The number of nitrogens with zero attached hydrogens (tertiary/aromatic N) is 2. The van der Waals surface area contributed by atoms with Crippen LogP contribution in [0.1, 0.15) is 21.6 Å². The van der Waals surface area contributed by atoms with E-state index in [1.807, 2.05) is 32.0 Å². The van der Waals surface area contributed by atoms with E-state index in [1.54, 1.807) is 13.1 Å². The minimum absolute atomic E-state index is 0.258. The van der Waals surface area contributed by atoms with Gasteiger partial charge >= 0.3 is 0 Å².